The number of ketones is 1. The van der Waals surface area contributed by atoms with E-state index in [1.54, 1.807) is 6.92 Å². The normalized spacial score (nSPS) is 12.2. The molecule has 0 aromatic heterocycles. The molecule has 0 heterocycles. The number of carbonyl (C=O) groups is 2. The number of hydrogen-bond donors (Lipinski definition) is 1. The van der Waals surface area contributed by atoms with Gasteiger partial charge in [-0.25, -0.2) is 4.39 Å². The molecule has 0 aliphatic rings. The Hall–Kier alpha value is -1.71. The topological polar surface area (TPSA) is 54.4 Å². The van der Waals surface area contributed by atoms with Crippen LogP contribution in [0.5, 0.6) is 0 Å². The minimum absolute atomic E-state index is 0.114. The molecule has 0 bridgehead atoms. The predicted octanol–water partition coefficient (Wildman–Crippen LogP) is 2.61. The van der Waals surface area contributed by atoms with E-state index in [1.165, 1.54) is 19.1 Å². The lowest BCUT2D eigenvalue weighted by Crippen LogP contribution is -2.15. The summed E-state index contributed by atoms with van der Waals surface area (Å²) in [4.78, 5) is 22.3. The Morgan fingerprint density at radius 1 is 1.44 bits per heavy atom. The fraction of sp³-hybridized carbons (Fsp3) is 0.333. The van der Waals surface area contributed by atoms with Crippen LogP contribution in [-0.2, 0) is 4.79 Å². The summed E-state index contributed by atoms with van der Waals surface area (Å²) in [5, 5.41) is 8.99. The average molecular weight is 224 g/mol. The maximum atomic E-state index is 13.4. The van der Waals surface area contributed by atoms with Gasteiger partial charge in [0.1, 0.15) is 5.82 Å². The smallest absolute Gasteiger partial charge is 0.310 e. The highest BCUT2D eigenvalue weighted by atomic mass is 19.1. The summed E-state index contributed by atoms with van der Waals surface area (Å²) in [7, 11) is 0. The highest BCUT2D eigenvalue weighted by molar-refractivity contribution is 5.97. The highest BCUT2D eigenvalue weighted by Crippen LogP contribution is 2.25. The van der Waals surface area contributed by atoms with Crippen molar-refractivity contribution in [2.45, 2.75) is 26.2 Å². The van der Waals surface area contributed by atoms with Crippen LogP contribution in [0.1, 0.15) is 42.1 Å². The van der Waals surface area contributed by atoms with E-state index in [-0.39, 0.29) is 11.1 Å². The zero-order chi connectivity index (χ0) is 12.3. The Bertz CT molecular complexity index is 426. The fourth-order valence-electron chi connectivity index (χ4n) is 1.73. The summed E-state index contributed by atoms with van der Waals surface area (Å²) in [6.45, 7) is 2.92. The first-order valence-electron chi connectivity index (χ1n) is 5.01. The molecule has 0 aliphatic heterocycles. The molecular formula is C12H13FO3. The SMILES string of the molecule is CCC(C(=O)O)c1cccc(F)c1C(C)=O. The van der Waals surface area contributed by atoms with Gasteiger partial charge >= 0.3 is 5.97 Å². The lowest BCUT2D eigenvalue weighted by atomic mass is 9.90. The average Bonchev–Trinajstić information content (AvgIpc) is 2.17. The second kappa shape index (κ2) is 4.88. The van der Waals surface area contributed by atoms with Crippen molar-refractivity contribution >= 4 is 11.8 Å². The standard InChI is InChI=1S/C12H13FO3/c1-3-8(12(15)16)9-5-4-6-10(13)11(9)7(2)14/h4-6,8H,3H2,1-2H3,(H,15,16). The van der Waals surface area contributed by atoms with Crippen molar-refractivity contribution < 1.29 is 19.1 Å². The molecule has 0 amide bonds. The van der Waals surface area contributed by atoms with Gasteiger partial charge in [-0.15, -0.1) is 0 Å². The van der Waals surface area contributed by atoms with E-state index in [9.17, 15) is 14.0 Å². The van der Waals surface area contributed by atoms with Gasteiger partial charge in [-0.2, -0.15) is 0 Å². The van der Waals surface area contributed by atoms with Gasteiger partial charge in [-0.05, 0) is 25.0 Å². The van der Waals surface area contributed by atoms with Crippen LogP contribution >= 0.6 is 0 Å². The van der Waals surface area contributed by atoms with Crippen LogP contribution in [0.4, 0.5) is 4.39 Å². The number of carboxylic acid groups (broad SMARTS) is 1. The summed E-state index contributed by atoms with van der Waals surface area (Å²) in [5.41, 5.74) is 0.138. The van der Waals surface area contributed by atoms with Gasteiger partial charge in [0, 0.05) is 0 Å². The molecule has 1 N–H and O–H groups in total. The third-order valence-corrected chi connectivity index (χ3v) is 2.48. The van der Waals surface area contributed by atoms with Gasteiger partial charge in [-0.1, -0.05) is 19.1 Å². The molecule has 1 unspecified atom stereocenters. The summed E-state index contributed by atoms with van der Waals surface area (Å²) in [6.07, 6.45) is 0.319. The highest BCUT2D eigenvalue weighted by Gasteiger charge is 2.24. The molecule has 1 rings (SSSR count). The summed E-state index contributed by atoms with van der Waals surface area (Å²) >= 11 is 0. The van der Waals surface area contributed by atoms with Gasteiger partial charge in [-0.3, -0.25) is 9.59 Å². The molecule has 0 spiro atoms. The van der Waals surface area contributed by atoms with Crippen LogP contribution in [0.2, 0.25) is 0 Å². The number of carbonyl (C=O) groups excluding carboxylic acids is 1. The third-order valence-electron chi connectivity index (χ3n) is 2.48. The number of benzene rings is 1. The van der Waals surface area contributed by atoms with Crippen molar-refractivity contribution in [3.8, 4) is 0 Å². The monoisotopic (exact) mass is 224 g/mol. The molecular weight excluding hydrogens is 211 g/mol. The molecule has 1 aromatic rings. The summed E-state index contributed by atoms with van der Waals surface area (Å²) in [6, 6.07) is 4.07. The van der Waals surface area contributed by atoms with Crippen molar-refractivity contribution in [2.75, 3.05) is 0 Å². The lowest BCUT2D eigenvalue weighted by molar-refractivity contribution is -0.138. The number of Topliss-reactive ketones (excluding diaryl/α,β-unsaturated/α-hetero) is 1. The first-order valence-corrected chi connectivity index (χ1v) is 5.01. The summed E-state index contributed by atoms with van der Waals surface area (Å²) < 4.78 is 13.4. The molecule has 1 aromatic carbocycles. The van der Waals surface area contributed by atoms with E-state index in [0.29, 0.717) is 6.42 Å². The van der Waals surface area contributed by atoms with Crippen LogP contribution in [0.15, 0.2) is 18.2 Å². The fourth-order valence-corrected chi connectivity index (χ4v) is 1.73. The first-order chi connectivity index (χ1) is 7.49. The van der Waals surface area contributed by atoms with Gasteiger partial charge in [0.15, 0.2) is 5.78 Å². The van der Waals surface area contributed by atoms with Crippen LogP contribution < -0.4 is 0 Å². The number of carboxylic acids is 1. The Morgan fingerprint density at radius 3 is 2.50 bits per heavy atom. The minimum Gasteiger partial charge on any atom is -0.481 e. The number of hydrogen-bond acceptors (Lipinski definition) is 2. The quantitative estimate of drug-likeness (QED) is 0.800. The molecule has 4 heteroatoms. The minimum atomic E-state index is -1.05. The van der Waals surface area contributed by atoms with Gasteiger partial charge < -0.3 is 5.11 Å². The molecule has 0 radical (unpaired) electrons. The maximum absolute atomic E-state index is 13.4. The van der Waals surface area contributed by atoms with Crippen molar-refractivity contribution in [3.05, 3.63) is 35.1 Å². The molecule has 0 saturated carbocycles. The Balaban J connectivity index is 3.37. The maximum Gasteiger partial charge on any atom is 0.310 e. The molecule has 1 atom stereocenters. The van der Waals surface area contributed by atoms with Gasteiger partial charge in [0.05, 0.1) is 11.5 Å². The third kappa shape index (κ3) is 2.27. The van der Waals surface area contributed by atoms with Crippen molar-refractivity contribution in [1.29, 1.82) is 0 Å². The van der Waals surface area contributed by atoms with E-state index in [2.05, 4.69) is 0 Å². The van der Waals surface area contributed by atoms with Crippen molar-refractivity contribution in [3.63, 3.8) is 0 Å². The van der Waals surface area contributed by atoms with E-state index in [0.717, 1.165) is 6.07 Å². The second-order valence-corrected chi connectivity index (χ2v) is 3.56. The second-order valence-electron chi connectivity index (χ2n) is 3.56. The van der Waals surface area contributed by atoms with Crippen LogP contribution in [0, 0.1) is 5.82 Å². The Kier molecular flexibility index (Phi) is 3.77. The zero-order valence-electron chi connectivity index (χ0n) is 9.16. The molecule has 16 heavy (non-hydrogen) atoms. The van der Waals surface area contributed by atoms with Crippen LogP contribution in [0.25, 0.3) is 0 Å². The van der Waals surface area contributed by atoms with E-state index < -0.39 is 23.5 Å². The molecule has 0 saturated heterocycles. The predicted molar refractivity (Wildman–Crippen MR) is 57.1 cm³/mol. The number of rotatable bonds is 4. The first kappa shape index (κ1) is 12.4. The molecule has 3 nitrogen and oxygen atoms in total. The van der Waals surface area contributed by atoms with E-state index in [1.807, 2.05) is 0 Å². The molecule has 86 valence electrons. The lowest BCUT2D eigenvalue weighted by Gasteiger charge is -2.14. The molecule has 0 fully saturated rings. The summed E-state index contributed by atoms with van der Waals surface area (Å²) in [5.74, 6) is -3.00. The van der Waals surface area contributed by atoms with Crippen LogP contribution in [0.3, 0.4) is 0 Å². The number of halogens is 1. The van der Waals surface area contributed by atoms with E-state index in [4.69, 9.17) is 5.11 Å². The zero-order valence-corrected chi connectivity index (χ0v) is 9.16. The van der Waals surface area contributed by atoms with Crippen LogP contribution in [-0.4, -0.2) is 16.9 Å². The van der Waals surface area contributed by atoms with Gasteiger partial charge in [0.25, 0.3) is 0 Å². The number of aliphatic carboxylic acids is 1. The Morgan fingerprint density at radius 2 is 2.06 bits per heavy atom. The largest absolute Gasteiger partial charge is 0.481 e. The Labute approximate surface area is 92.9 Å². The van der Waals surface area contributed by atoms with Gasteiger partial charge in [0.2, 0.25) is 0 Å². The molecule has 0 aliphatic carbocycles. The van der Waals surface area contributed by atoms with E-state index >= 15 is 0 Å². The van der Waals surface area contributed by atoms with Crippen molar-refractivity contribution in [2.24, 2.45) is 0 Å². The van der Waals surface area contributed by atoms with Crippen molar-refractivity contribution in [1.82, 2.24) is 0 Å².